The van der Waals surface area contributed by atoms with Crippen LogP contribution in [0, 0.1) is 11.8 Å². The average molecular weight is 286 g/mol. The highest BCUT2D eigenvalue weighted by Gasteiger charge is 2.21. The standard InChI is InChI=1S/C15H30N2O3/c1-5-7-8-12(6-2)10-16-15(20)17-13(14(18)19)9-11(3)4/h11-13H,5-10H2,1-4H3,(H,18,19)(H2,16,17,20)/t12?,13-/m1/s1. The van der Waals surface area contributed by atoms with Gasteiger partial charge in [0.05, 0.1) is 0 Å². The molecule has 0 heterocycles. The van der Waals surface area contributed by atoms with Crippen LogP contribution in [0.15, 0.2) is 0 Å². The summed E-state index contributed by atoms with van der Waals surface area (Å²) in [5.41, 5.74) is 0. The topological polar surface area (TPSA) is 78.4 Å². The number of rotatable bonds is 10. The van der Waals surface area contributed by atoms with E-state index in [1.54, 1.807) is 0 Å². The van der Waals surface area contributed by atoms with Crippen LogP contribution in [0.4, 0.5) is 4.79 Å². The number of carboxylic acid groups (broad SMARTS) is 1. The van der Waals surface area contributed by atoms with E-state index in [9.17, 15) is 9.59 Å². The summed E-state index contributed by atoms with van der Waals surface area (Å²) in [6.07, 6.45) is 4.87. The highest BCUT2D eigenvalue weighted by molar-refractivity contribution is 5.82. The number of unbranched alkanes of at least 4 members (excludes halogenated alkanes) is 1. The summed E-state index contributed by atoms with van der Waals surface area (Å²) in [6.45, 7) is 8.74. The highest BCUT2D eigenvalue weighted by atomic mass is 16.4. The Morgan fingerprint density at radius 1 is 1.20 bits per heavy atom. The maximum absolute atomic E-state index is 11.7. The summed E-state index contributed by atoms with van der Waals surface area (Å²) in [5.74, 6) is -0.287. The first kappa shape index (κ1) is 18.7. The molecule has 0 aromatic rings. The van der Waals surface area contributed by atoms with E-state index in [2.05, 4.69) is 24.5 Å². The largest absolute Gasteiger partial charge is 0.480 e. The molecule has 2 atom stereocenters. The van der Waals surface area contributed by atoms with Crippen molar-refractivity contribution in [2.24, 2.45) is 11.8 Å². The minimum Gasteiger partial charge on any atom is -0.480 e. The summed E-state index contributed by atoms with van der Waals surface area (Å²) in [5, 5.41) is 14.4. The maximum Gasteiger partial charge on any atom is 0.326 e. The number of hydrogen-bond acceptors (Lipinski definition) is 2. The van der Waals surface area contributed by atoms with Crippen LogP contribution in [0.25, 0.3) is 0 Å². The summed E-state index contributed by atoms with van der Waals surface area (Å²) in [7, 11) is 0. The second kappa shape index (κ2) is 10.5. The van der Waals surface area contributed by atoms with Gasteiger partial charge in [-0.05, 0) is 24.7 Å². The minimum absolute atomic E-state index is 0.226. The fourth-order valence-corrected chi connectivity index (χ4v) is 2.08. The van der Waals surface area contributed by atoms with Crippen LogP contribution in [0.3, 0.4) is 0 Å². The first-order valence-electron chi connectivity index (χ1n) is 7.67. The lowest BCUT2D eigenvalue weighted by Crippen LogP contribution is -2.47. The van der Waals surface area contributed by atoms with E-state index in [0.717, 1.165) is 25.7 Å². The van der Waals surface area contributed by atoms with Gasteiger partial charge in [0, 0.05) is 6.54 Å². The van der Waals surface area contributed by atoms with Gasteiger partial charge in [0.2, 0.25) is 0 Å². The molecule has 2 amide bonds. The molecule has 0 aliphatic carbocycles. The van der Waals surface area contributed by atoms with Crippen molar-refractivity contribution in [2.75, 3.05) is 6.54 Å². The van der Waals surface area contributed by atoms with Gasteiger partial charge < -0.3 is 15.7 Å². The molecule has 0 aromatic carbocycles. The van der Waals surface area contributed by atoms with E-state index >= 15 is 0 Å². The molecule has 5 heteroatoms. The molecular formula is C15H30N2O3. The molecule has 0 bridgehead atoms. The molecule has 0 aliphatic heterocycles. The van der Waals surface area contributed by atoms with Gasteiger partial charge >= 0.3 is 12.0 Å². The van der Waals surface area contributed by atoms with Crippen LogP contribution >= 0.6 is 0 Å². The third-order valence-electron chi connectivity index (χ3n) is 3.41. The van der Waals surface area contributed by atoms with E-state index in [1.165, 1.54) is 0 Å². The Morgan fingerprint density at radius 3 is 2.30 bits per heavy atom. The Bertz CT molecular complexity index is 293. The van der Waals surface area contributed by atoms with Gasteiger partial charge in [-0.2, -0.15) is 0 Å². The van der Waals surface area contributed by atoms with Gasteiger partial charge in [0.25, 0.3) is 0 Å². The van der Waals surface area contributed by atoms with Crippen molar-refractivity contribution in [2.45, 2.75) is 65.8 Å². The predicted molar refractivity (Wildman–Crippen MR) is 80.7 cm³/mol. The molecule has 0 saturated heterocycles. The van der Waals surface area contributed by atoms with E-state index in [0.29, 0.717) is 18.9 Å². The Hall–Kier alpha value is -1.26. The normalized spacial score (nSPS) is 13.8. The number of amides is 2. The Kier molecular flexibility index (Phi) is 9.86. The molecule has 0 radical (unpaired) electrons. The molecule has 5 nitrogen and oxygen atoms in total. The molecular weight excluding hydrogens is 256 g/mol. The molecule has 0 spiro atoms. The number of aliphatic carboxylic acids is 1. The number of urea groups is 1. The van der Waals surface area contributed by atoms with Gasteiger partial charge in [-0.1, -0.05) is 47.0 Å². The van der Waals surface area contributed by atoms with Crippen molar-refractivity contribution in [3.63, 3.8) is 0 Å². The average Bonchev–Trinajstić information content (AvgIpc) is 2.37. The van der Waals surface area contributed by atoms with Crippen molar-refractivity contribution in [1.82, 2.24) is 10.6 Å². The van der Waals surface area contributed by atoms with Crippen molar-refractivity contribution in [1.29, 1.82) is 0 Å². The van der Waals surface area contributed by atoms with Crippen LogP contribution in [0.5, 0.6) is 0 Å². The van der Waals surface area contributed by atoms with Gasteiger partial charge in [-0.3, -0.25) is 0 Å². The van der Waals surface area contributed by atoms with Crippen LogP contribution in [0.1, 0.15) is 59.8 Å². The molecule has 0 rings (SSSR count). The summed E-state index contributed by atoms with van der Waals surface area (Å²) in [4.78, 5) is 22.8. The van der Waals surface area contributed by atoms with Crippen LogP contribution in [-0.4, -0.2) is 29.7 Å². The van der Waals surface area contributed by atoms with Crippen molar-refractivity contribution in [3.8, 4) is 0 Å². The predicted octanol–water partition coefficient (Wildman–Crippen LogP) is 3.00. The molecule has 0 fully saturated rings. The van der Waals surface area contributed by atoms with E-state index < -0.39 is 12.0 Å². The monoisotopic (exact) mass is 286 g/mol. The quantitative estimate of drug-likeness (QED) is 0.577. The first-order valence-corrected chi connectivity index (χ1v) is 7.67. The molecule has 1 unspecified atom stereocenters. The van der Waals surface area contributed by atoms with E-state index in [4.69, 9.17) is 5.11 Å². The Morgan fingerprint density at radius 2 is 1.85 bits per heavy atom. The molecule has 118 valence electrons. The Labute approximate surface area is 122 Å². The molecule has 0 aliphatic rings. The Balaban J connectivity index is 4.14. The molecule has 0 aromatic heterocycles. The zero-order valence-electron chi connectivity index (χ0n) is 13.2. The SMILES string of the molecule is CCCCC(CC)CNC(=O)N[C@H](CC(C)C)C(=O)O. The number of carbonyl (C=O) groups excluding carboxylic acids is 1. The lowest BCUT2D eigenvalue weighted by Gasteiger charge is -2.19. The van der Waals surface area contributed by atoms with Gasteiger partial charge in [0.1, 0.15) is 6.04 Å². The second-order valence-corrected chi connectivity index (χ2v) is 5.79. The second-order valence-electron chi connectivity index (χ2n) is 5.79. The maximum atomic E-state index is 11.7. The lowest BCUT2D eigenvalue weighted by molar-refractivity contribution is -0.139. The zero-order valence-corrected chi connectivity index (χ0v) is 13.2. The van der Waals surface area contributed by atoms with Gasteiger partial charge in [-0.15, -0.1) is 0 Å². The van der Waals surface area contributed by atoms with Crippen LogP contribution in [0.2, 0.25) is 0 Å². The summed E-state index contributed by atoms with van der Waals surface area (Å²) >= 11 is 0. The van der Waals surface area contributed by atoms with E-state index in [-0.39, 0.29) is 11.9 Å². The van der Waals surface area contributed by atoms with Gasteiger partial charge in [0.15, 0.2) is 0 Å². The first-order chi connectivity index (χ1) is 9.40. The van der Waals surface area contributed by atoms with Gasteiger partial charge in [-0.25, -0.2) is 9.59 Å². The number of hydrogen-bond donors (Lipinski definition) is 3. The molecule has 20 heavy (non-hydrogen) atoms. The van der Waals surface area contributed by atoms with Crippen molar-refractivity contribution >= 4 is 12.0 Å². The highest BCUT2D eigenvalue weighted by Crippen LogP contribution is 2.11. The molecule has 0 saturated carbocycles. The van der Waals surface area contributed by atoms with Crippen molar-refractivity contribution < 1.29 is 14.7 Å². The van der Waals surface area contributed by atoms with Crippen molar-refractivity contribution in [3.05, 3.63) is 0 Å². The molecule has 3 N–H and O–H groups in total. The zero-order chi connectivity index (χ0) is 15.5. The summed E-state index contributed by atoms with van der Waals surface area (Å²) in [6, 6.07) is -1.20. The fraction of sp³-hybridized carbons (Fsp3) is 0.867. The number of nitrogens with one attached hydrogen (secondary N) is 2. The van der Waals surface area contributed by atoms with Crippen LogP contribution in [-0.2, 0) is 4.79 Å². The lowest BCUT2D eigenvalue weighted by atomic mass is 9.99. The minimum atomic E-state index is -0.980. The number of carbonyl (C=O) groups is 2. The summed E-state index contributed by atoms with van der Waals surface area (Å²) < 4.78 is 0. The number of carboxylic acids is 1. The third kappa shape index (κ3) is 8.77. The third-order valence-corrected chi connectivity index (χ3v) is 3.41. The smallest absolute Gasteiger partial charge is 0.326 e. The fourth-order valence-electron chi connectivity index (χ4n) is 2.08. The van der Waals surface area contributed by atoms with E-state index in [1.807, 2.05) is 13.8 Å². The van der Waals surface area contributed by atoms with Crippen LogP contribution < -0.4 is 10.6 Å².